The maximum Gasteiger partial charge on any atom is 0.181 e. The molecule has 1 aromatic heterocycles. The molecule has 0 bridgehead atoms. The van der Waals surface area contributed by atoms with Gasteiger partial charge in [-0.2, -0.15) is 0 Å². The van der Waals surface area contributed by atoms with Crippen LogP contribution in [0.5, 0.6) is 0 Å². The Bertz CT molecular complexity index is 480. The third kappa shape index (κ3) is 1.26. The van der Waals surface area contributed by atoms with E-state index in [0.717, 1.165) is 4.70 Å². The number of thiazole rings is 1. The number of nitrogen functional groups attached to an aromatic ring is 1. The summed E-state index contributed by atoms with van der Waals surface area (Å²) in [5.41, 5.74) is 6.64. The van der Waals surface area contributed by atoms with E-state index in [-0.39, 0.29) is 5.82 Å². The van der Waals surface area contributed by atoms with Gasteiger partial charge >= 0.3 is 0 Å². The molecule has 0 saturated heterocycles. The van der Waals surface area contributed by atoms with E-state index in [1.54, 1.807) is 6.92 Å². The molecule has 2 rings (SSSR count). The molecular weight excluding hydrogens is 211 g/mol. The Morgan fingerprint density at radius 2 is 2.31 bits per heavy atom. The van der Waals surface area contributed by atoms with Gasteiger partial charge in [-0.1, -0.05) is 22.9 Å². The van der Waals surface area contributed by atoms with Crippen molar-refractivity contribution in [2.45, 2.75) is 6.92 Å². The fraction of sp³-hybridized carbons (Fsp3) is 0.125. The molecule has 1 heterocycles. The van der Waals surface area contributed by atoms with Gasteiger partial charge < -0.3 is 5.73 Å². The van der Waals surface area contributed by atoms with Crippen molar-refractivity contribution in [3.05, 3.63) is 22.5 Å². The topological polar surface area (TPSA) is 38.9 Å². The first kappa shape index (κ1) is 8.72. The number of nitrogens with zero attached hydrogens (tertiary/aromatic N) is 1. The van der Waals surface area contributed by atoms with Crippen LogP contribution < -0.4 is 5.73 Å². The summed E-state index contributed by atoms with van der Waals surface area (Å²) in [6, 6.07) is 1.26. The quantitative estimate of drug-likeness (QED) is 0.735. The van der Waals surface area contributed by atoms with Crippen LogP contribution in [0.2, 0.25) is 5.02 Å². The minimum atomic E-state index is -0.318. The van der Waals surface area contributed by atoms with Crippen molar-refractivity contribution >= 4 is 38.3 Å². The average Bonchev–Trinajstić information content (AvgIpc) is 2.44. The van der Waals surface area contributed by atoms with Crippen molar-refractivity contribution in [1.82, 2.24) is 4.98 Å². The zero-order valence-electron chi connectivity index (χ0n) is 6.77. The highest BCUT2D eigenvalue weighted by molar-refractivity contribution is 7.22. The van der Waals surface area contributed by atoms with Gasteiger partial charge in [0.25, 0.3) is 0 Å². The monoisotopic (exact) mass is 216 g/mol. The molecule has 0 saturated carbocycles. The van der Waals surface area contributed by atoms with E-state index in [1.807, 2.05) is 0 Å². The van der Waals surface area contributed by atoms with Gasteiger partial charge in [0.2, 0.25) is 0 Å². The summed E-state index contributed by atoms with van der Waals surface area (Å²) in [5, 5.41) is 0.719. The molecule has 68 valence electrons. The highest BCUT2D eigenvalue weighted by Crippen LogP contribution is 2.33. The molecule has 0 spiro atoms. The van der Waals surface area contributed by atoms with Crippen molar-refractivity contribution in [3.8, 4) is 0 Å². The zero-order chi connectivity index (χ0) is 9.59. The Morgan fingerprint density at radius 3 is 3.00 bits per heavy atom. The fourth-order valence-electron chi connectivity index (χ4n) is 1.15. The van der Waals surface area contributed by atoms with Gasteiger partial charge in [-0.25, -0.2) is 9.37 Å². The van der Waals surface area contributed by atoms with Gasteiger partial charge in [0, 0.05) is 5.56 Å². The van der Waals surface area contributed by atoms with Crippen LogP contribution in [0, 0.1) is 12.7 Å². The van der Waals surface area contributed by atoms with E-state index in [4.69, 9.17) is 17.3 Å². The summed E-state index contributed by atoms with van der Waals surface area (Å²) in [5.74, 6) is -0.318. The number of hydrogen-bond donors (Lipinski definition) is 1. The lowest BCUT2D eigenvalue weighted by Gasteiger charge is -1.98. The van der Waals surface area contributed by atoms with E-state index < -0.39 is 0 Å². The van der Waals surface area contributed by atoms with Crippen LogP contribution in [0.1, 0.15) is 5.56 Å². The lowest BCUT2D eigenvalue weighted by molar-refractivity contribution is 0.621. The van der Waals surface area contributed by atoms with Crippen molar-refractivity contribution < 1.29 is 4.39 Å². The number of fused-ring (bicyclic) bond motifs is 1. The van der Waals surface area contributed by atoms with Crippen molar-refractivity contribution in [1.29, 1.82) is 0 Å². The van der Waals surface area contributed by atoms with Gasteiger partial charge in [0.1, 0.15) is 11.3 Å². The predicted molar refractivity (Wildman–Crippen MR) is 53.7 cm³/mol. The van der Waals surface area contributed by atoms with Crippen LogP contribution in [-0.4, -0.2) is 4.98 Å². The Labute approximate surface area is 83.1 Å². The summed E-state index contributed by atoms with van der Waals surface area (Å²) < 4.78 is 13.9. The summed E-state index contributed by atoms with van der Waals surface area (Å²) in [7, 11) is 0. The second-order valence-electron chi connectivity index (χ2n) is 2.70. The average molecular weight is 217 g/mol. The van der Waals surface area contributed by atoms with Gasteiger partial charge in [0.15, 0.2) is 5.13 Å². The summed E-state index contributed by atoms with van der Waals surface area (Å²) in [4.78, 5) is 4.01. The number of benzene rings is 1. The maximum absolute atomic E-state index is 13.2. The molecule has 0 aliphatic carbocycles. The zero-order valence-corrected chi connectivity index (χ0v) is 8.34. The smallest absolute Gasteiger partial charge is 0.181 e. The first-order chi connectivity index (χ1) is 6.09. The van der Waals surface area contributed by atoms with Crippen LogP contribution in [0.25, 0.3) is 10.2 Å². The van der Waals surface area contributed by atoms with Crippen LogP contribution in [0.3, 0.4) is 0 Å². The highest BCUT2D eigenvalue weighted by atomic mass is 35.5. The third-order valence-electron chi connectivity index (χ3n) is 1.82. The Kier molecular flexibility index (Phi) is 1.89. The van der Waals surface area contributed by atoms with Crippen LogP contribution in [0.15, 0.2) is 6.07 Å². The largest absolute Gasteiger partial charge is 0.375 e. The molecule has 1 aromatic carbocycles. The number of aromatic nitrogens is 1. The molecule has 0 fully saturated rings. The molecule has 2 nitrogen and oxygen atoms in total. The standard InChI is InChI=1S/C8H6ClFN2S/c1-3-5(10)2-4(9)6-7(3)13-8(11)12-6/h2H,1H3,(H2,11,12). The van der Waals surface area contributed by atoms with Gasteiger partial charge in [-0.15, -0.1) is 0 Å². The molecule has 0 atom stereocenters. The second kappa shape index (κ2) is 2.82. The summed E-state index contributed by atoms with van der Waals surface area (Å²) in [6.07, 6.45) is 0. The SMILES string of the molecule is Cc1c(F)cc(Cl)c2nc(N)sc12. The van der Waals surface area contributed by atoms with E-state index in [1.165, 1.54) is 17.4 Å². The van der Waals surface area contributed by atoms with Crippen LogP contribution >= 0.6 is 22.9 Å². The molecule has 2 aromatic rings. The fourth-order valence-corrected chi connectivity index (χ4v) is 2.29. The Balaban J connectivity index is 2.95. The molecule has 5 heteroatoms. The molecule has 13 heavy (non-hydrogen) atoms. The minimum absolute atomic E-state index is 0.311. The normalized spacial score (nSPS) is 11.0. The number of anilines is 1. The summed E-state index contributed by atoms with van der Waals surface area (Å²) >= 11 is 7.05. The molecule has 2 N–H and O–H groups in total. The lowest BCUT2D eigenvalue weighted by atomic mass is 10.2. The number of aryl methyl sites for hydroxylation is 1. The minimum Gasteiger partial charge on any atom is -0.375 e. The number of rotatable bonds is 0. The van der Waals surface area contributed by atoms with E-state index in [9.17, 15) is 4.39 Å². The van der Waals surface area contributed by atoms with Crippen molar-refractivity contribution in [3.63, 3.8) is 0 Å². The second-order valence-corrected chi connectivity index (χ2v) is 4.13. The molecule has 0 aliphatic heterocycles. The van der Waals surface area contributed by atoms with E-state index in [0.29, 0.717) is 21.2 Å². The summed E-state index contributed by atoms with van der Waals surface area (Å²) in [6.45, 7) is 1.69. The van der Waals surface area contributed by atoms with Crippen molar-refractivity contribution in [2.24, 2.45) is 0 Å². The third-order valence-corrected chi connectivity index (χ3v) is 3.11. The van der Waals surface area contributed by atoms with Gasteiger partial charge in [-0.3, -0.25) is 0 Å². The Morgan fingerprint density at radius 1 is 1.62 bits per heavy atom. The number of hydrogen-bond acceptors (Lipinski definition) is 3. The number of nitrogens with two attached hydrogens (primary N) is 1. The van der Waals surface area contributed by atoms with Crippen LogP contribution in [-0.2, 0) is 0 Å². The number of halogens is 2. The first-order valence-corrected chi connectivity index (χ1v) is 4.79. The molecule has 0 unspecified atom stereocenters. The first-order valence-electron chi connectivity index (χ1n) is 3.60. The lowest BCUT2D eigenvalue weighted by Crippen LogP contribution is -1.83. The molecule has 0 aliphatic rings. The predicted octanol–water partition coefficient (Wildman–Crippen LogP) is 2.98. The van der Waals surface area contributed by atoms with Gasteiger partial charge in [-0.05, 0) is 13.0 Å². The Hall–Kier alpha value is -0.870. The molecule has 0 radical (unpaired) electrons. The van der Waals surface area contributed by atoms with E-state index in [2.05, 4.69) is 4.98 Å². The molecule has 0 amide bonds. The van der Waals surface area contributed by atoms with Crippen LogP contribution in [0.4, 0.5) is 9.52 Å². The van der Waals surface area contributed by atoms with E-state index >= 15 is 0 Å². The molecular formula is C8H6ClFN2S. The highest BCUT2D eigenvalue weighted by Gasteiger charge is 2.11. The van der Waals surface area contributed by atoms with Crippen molar-refractivity contribution in [2.75, 3.05) is 5.73 Å². The maximum atomic E-state index is 13.2. The van der Waals surface area contributed by atoms with Gasteiger partial charge in [0.05, 0.1) is 9.72 Å².